The lowest BCUT2D eigenvalue weighted by atomic mass is 9.85. The van der Waals surface area contributed by atoms with Gasteiger partial charge in [0.25, 0.3) is 0 Å². The molecule has 0 aromatic carbocycles. The number of amides is 5. The Morgan fingerprint density at radius 2 is 1.39 bits per heavy atom. The summed E-state index contributed by atoms with van der Waals surface area (Å²) < 4.78 is 5.63. The zero-order chi connectivity index (χ0) is 26.1. The molecule has 0 spiro atoms. The van der Waals surface area contributed by atoms with Crippen molar-refractivity contribution in [1.82, 2.24) is 15.1 Å². The van der Waals surface area contributed by atoms with Gasteiger partial charge >= 0.3 is 0 Å². The molecular weight excluding hydrogens is 486 g/mol. The number of likely N-dealkylation sites (tertiary alicyclic amines) is 2. The molecule has 5 amide bonds. The molecule has 7 aliphatic rings. The number of rotatable bonds is 9. The third kappa shape index (κ3) is 3.57. The van der Waals surface area contributed by atoms with Crippen LogP contribution in [-0.2, 0) is 28.7 Å². The largest absolute Gasteiger partial charge is 0.376 e. The lowest BCUT2D eigenvalue weighted by Gasteiger charge is -2.28. The predicted molar refractivity (Wildman–Crippen MR) is 134 cm³/mol. The normalized spacial score (nSPS) is 40.7. The van der Waals surface area contributed by atoms with Crippen LogP contribution in [0.4, 0.5) is 0 Å². The maximum atomic E-state index is 13.5. The molecule has 9 heteroatoms. The van der Waals surface area contributed by atoms with E-state index in [0.29, 0.717) is 39.0 Å². The molecule has 202 valence electrons. The Kier molecular flexibility index (Phi) is 5.83. The highest BCUT2D eigenvalue weighted by molar-refractivity contribution is 6.09. The second-order valence-corrected chi connectivity index (χ2v) is 12.3. The average Bonchev–Trinajstić information content (AvgIpc) is 3.76. The van der Waals surface area contributed by atoms with Crippen molar-refractivity contribution in [1.29, 1.82) is 0 Å². The molecule has 38 heavy (non-hydrogen) atoms. The van der Waals surface area contributed by atoms with Crippen LogP contribution in [0.25, 0.3) is 0 Å². The molecule has 2 saturated carbocycles. The molecule has 3 heterocycles. The first-order valence-electron chi connectivity index (χ1n) is 14.4. The fraction of sp³-hybridized carbons (Fsp3) is 0.690. The van der Waals surface area contributed by atoms with Crippen LogP contribution in [0.3, 0.4) is 0 Å². The van der Waals surface area contributed by atoms with Gasteiger partial charge in [0.1, 0.15) is 6.04 Å². The van der Waals surface area contributed by atoms with E-state index in [-0.39, 0.29) is 83.0 Å². The van der Waals surface area contributed by atoms with Crippen molar-refractivity contribution in [2.45, 2.75) is 57.1 Å². The van der Waals surface area contributed by atoms with Gasteiger partial charge in [-0.3, -0.25) is 33.8 Å². The predicted octanol–water partition coefficient (Wildman–Crippen LogP) is 1.43. The standard InChI is InChI=1S/C29H35N3O6/c33-25(30-14-19-4-3-11-38-19)20(32-28(36)23-17-8-9-18(13-17)24(23)29(32)37)5-1-2-10-31-26(34)21-15-6-7-16(12-15)22(21)27(31)35/h6-9,15-24H,1-5,10-14H2,(H,30,33)/t15-,16-,17-,18-,19-,20-,21-,22+,23-,24-/m0/s1. The highest BCUT2D eigenvalue weighted by atomic mass is 16.5. The summed E-state index contributed by atoms with van der Waals surface area (Å²) in [6.45, 7) is 1.36. The highest BCUT2D eigenvalue weighted by Crippen LogP contribution is 2.54. The SMILES string of the molecule is O=C(NC[C@@H]1CCCO1)[C@H](CCCCN1C(=O)[C@@H]2[C@H](C1=O)[C@H]1C=C[C@H]2C1)N1C(=O)[C@@H]2[C@@H](C1=O)[C@H]1C=C[C@H]2C1. The second-order valence-electron chi connectivity index (χ2n) is 12.3. The fourth-order valence-corrected chi connectivity index (χ4v) is 8.54. The monoisotopic (exact) mass is 521 g/mol. The van der Waals surface area contributed by atoms with E-state index >= 15 is 0 Å². The van der Waals surface area contributed by atoms with E-state index in [1.165, 1.54) is 9.80 Å². The van der Waals surface area contributed by atoms with Gasteiger partial charge < -0.3 is 10.1 Å². The summed E-state index contributed by atoms with van der Waals surface area (Å²) in [4.78, 5) is 69.0. The number of nitrogens with one attached hydrogen (secondary N) is 1. The molecule has 0 aromatic heterocycles. The maximum Gasteiger partial charge on any atom is 0.243 e. The smallest absolute Gasteiger partial charge is 0.243 e. The van der Waals surface area contributed by atoms with Crippen molar-refractivity contribution >= 4 is 29.5 Å². The van der Waals surface area contributed by atoms with Gasteiger partial charge in [-0.05, 0) is 68.6 Å². The number of nitrogens with zero attached hydrogens (tertiary/aromatic N) is 2. The van der Waals surface area contributed by atoms with Crippen LogP contribution in [0.2, 0.25) is 0 Å². The molecule has 3 saturated heterocycles. The quantitative estimate of drug-likeness (QED) is 0.279. The number of hydrogen-bond donors (Lipinski definition) is 1. The zero-order valence-electron chi connectivity index (χ0n) is 21.5. The van der Waals surface area contributed by atoms with Crippen LogP contribution in [0, 0.1) is 47.3 Å². The Bertz CT molecular complexity index is 1080. The molecule has 1 N–H and O–H groups in total. The number of unbranched alkanes of at least 4 members (excludes halogenated alkanes) is 1. The second kappa shape index (κ2) is 9.14. The lowest BCUT2D eigenvalue weighted by Crippen LogP contribution is -2.51. The van der Waals surface area contributed by atoms with Crippen molar-refractivity contribution in [2.24, 2.45) is 47.3 Å². The number of imide groups is 2. The summed E-state index contributed by atoms with van der Waals surface area (Å²) in [5, 5.41) is 2.93. The number of allylic oxidation sites excluding steroid dienone is 4. The number of carbonyl (C=O) groups excluding carboxylic acids is 5. The van der Waals surface area contributed by atoms with E-state index in [9.17, 15) is 24.0 Å². The number of ether oxygens (including phenoxy) is 1. The fourth-order valence-electron chi connectivity index (χ4n) is 8.54. The molecule has 5 fully saturated rings. The van der Waals surface area contributed by atoms with Crippen molar-refractivity contribution < 1.29 is 28.7 Å². The highest BCUT2D eigenvalue weighted by Gasteiger charge is 2.61. The van der Waals surface area contributed by atoms with Gasteiger partial charge in [0, 0.05) is 19.7 Å². The molecular formula is C29H35N3O6. The molecule has 7 rings (SSSR count). The molecule has 4 aliphatic carbocycles. The number of fused-ring (bicyclic) bond motifs is 10. The Balaban J connectivity index is 1.01. The lowest BCUT2D eigenvalue weighted by molar-refractivity contribution is -0.149. The van der Waals surface area contributed by atoms with Gasteiger partial charge in [-0.15, -0.1) is 0 Å². The van der Waals surface area contributed by atoms with Crippen LogP contribution in [-0.4, -0.2) is 71.2 Å². The molecule has 10 atom stereocenters. The molecule has 0 radical (unpaired) electrons. The molecule has 3 aliphatic heterocycles. The minimum absolute atomic E-state index is 0.0413. The van der Waals surface area contributed by atoms with Crippen LogP contribution >= 0.6 is 0 Å². The van der Waals surface area contributed by atoms with Gasteiger partial charge in [-0.1, -0.05) is 24.3 Å². The summed E-state index contributed by atoms with van der Waals surface area (Å²) in [6.07, 6.45) is 13.2. The van der Waals surface area contributed by atoms with E-state index in [4.69, 9.17) is 4.74 Å². The summed E-state index contributed by atoms with van der Waals surface area (Å²) in [7, 11) is 0. The van der Waals surface area contributed by atoms with E-state index < -0.39 is 6.04 Å². The number of hydrogen-bond acceptors (Lipinski definition) is 6. The van der Waals surface area contributed by atoms with E-state index in [0.717, 1.165) is 25.7 Å². The topological polar surface area (TPSA) is 113 Å². The van der Waals surface area contributed by atoms with Gasteiger partial charge in [0.15, 0.2) is 0 Å². The van der Waals surface area contributed by atoms with Crippen molar-refractivity contribution in [2.75, 3.05) is 19.7 Å². The minimum Gasteiger partial charge on any atom is -0.376 e. The Labute approximate surface area is 222 Å². The first kappa shape index (κ1) is 24.2. The third-order valence-corrected chi connectivity index (χ3v) is 10.3. The maximum absolute atomic E-state index is 13.5. The Hall–Kier alpha value is -2.81. The van der Waals surface area contributed by atoms with E-state index in [1.54, 1.807) is 0 Å². The number of carbonyl (C=O) groups is 5. The summed E-state index contributed by atoms with van der Waals surface area (Å²) in [5.41, 5.74) is 0. The van der Waals surface area contributed by atoms with E-state index in [1.807, 2.05) is 12.2 Å². The summed E-state index contributed by atoms with van der Waals surface area (Å²) >= 11 is 0. The van der Waals surface area contributed by atoms with Crippen LogP contribution in [0.15, 0.2) is 24.3 Å². The van der Waals surface area contributed by atoms with Gasteiger partial charge in [0.05, 0.1) is 29.8 Å². The van der Waals surface area contributed by atoms with Crippen LogP contribution in [0.1, 0.15) is 44.9 Å². The minimum atomic E-state index is -0.884. The van der Waals surface area contributed by atoms with Crippen LogP contribution < -0.4 is 5.32 Å². The van der Waals surface area contributed by atoms with Crippen molar-refractivity contribution in [3.8, 4) is 0 Å². The molecule has 0 unspecified atom stereocenters. The molecule has 4 bridgehead atoms. The Morgan fingerprint density at radius 1 is 0.842 bits per heavy atom. The van der Waals surface area contributed by atoms with Gasteiger partial charge in [0.2, 0.25) is 29.5 Å². The summed E-state index contributed by atoms with van der Waals surface area (Å²) in [5.74, 6) is -1.52. The van der Waals surface area contributed by atoms with Gasteiger partial charge in [-0.2, -0.15) is 0 Å². The van der Waals surface area contributed by atoms with Crippen molar-refractivity contribution in [3.05, 3.63) is 24.3 Å². The summed E-state index contributed by atoms with van der Waals surface area (Å²) in [6, 6.07) is -0.884. The van der Waals surface area contributed by atoms with Gasteiger partial charge in [-0.25, -0.2) is 0 Å². The third-order valence-electron chi connectivity index (χ3n) is 10.3. The molecule has 0 aromatic rings. The first-order valence-corrected chi connectivity index (χ1v) is 14.4. The Morgan fingerprint density at radius 3 is 1.92 bits per heavy atom. The average molecular weight is 522 g/mol. The molecule has 9 nitrogen and oxygen atoms in total. The first-order chi connectivity index (χ1) is 18.4. The zero-order valence-corrected chi connectivity index (χ0v) is 21.5. The van der Waals surface area contributed by atoms with Crippen molar-refractivity contribution in [3.63, 3.8) is 0 Å². The van der Waals surface area contributed by atoms with E-state index in [2.05, 4.69) is 17.5 Å². The van der Waals surface area contributed by atoms with Crippen LogP contribution in [0.5, 0.6) is 0 Å².